The molecule has 0 saturated carbocycles. The minimum atomic E-state index is -1.79. The zero-order valence-corrected chi connectivity index (χ0v) is 8.76. The second kappa shape index (κ2) is 6.61. The first-order valence-electron chi connectivity index (χ1n) is 4.21. The highest BCUT2D eigenvalue weighted by atomic mass is 32.3. The number of nitrogens with zero attached hydrogens (tertiary/aromatic N) is 2. The van der Waals surface area contributed by atoms with Gasteiger partial charge in [0.15, 0.2) is 0 Å². The first-order valence-corrected chi connectivity index (χ1v) is 6.10. The minimum absolute atomic E-state index is 0.672. The SMILES string of the molecule is CCCS(CCC)(N=C=O)N=C=O. The summed E-state index contributed by atoms with van der Waals surface area (Å²) < 4.78 is 7.35. The summed E-state index contributed by atoms with van der Waals surface area (Å²) in [6.07, 6.45) is 4.71. The minimum Gasteiger partial charge on any atom is -0.210 e. The normalized spacial score (nSPS) is 11.2. The summed E-state index contributed by atoms with van der Waals surface area (Å²) in [6.45, 7) is 3.94. The molecule has 0 bridgehead atoms. The lowest BCUT2D eigenvalue weighted by Crippen LogP contribution is -2.03. The third kappa shape index (κ3) is 4.04. The molecule has 0 heterocycles. The van der Waals surface area contributed by atoms with Gasteiger partial charge >= 0.3 is 0 Å². The van der Waals surface area contributed by atoms with E-state index in [0.717, 1.165) is 12.8 Å². The van der Waals surface area contributed by atoms with Crippen LogP contribution in [-0.4, -0.2) is 23.7 Å². The van der Waals surface area contributed by atoms with Crippen molar-refractivity contribution < 1.29 is 9.59 Å². The molecule has 0 unspecified atom stereocenters. The van der Waals surface area contributed by atoms with Crippen LogP contribution in [0.4, 0.5) is 0 Å². The molecule has 0 rings (SSSR count). The van der Waals surface area contributed by atoms with Crippen LogP contribution in [0.5, 0.6) is 0 Å². The van der Waals surface area contributed by atoms with E-state index < -0.39 is 10.4 Å². The van der Waals surface area contributed by atoms with Crippen LogP contribution in [0, 0.1) is 0 Å². The molecule has 0 amide bonds. The van der Waals surface area contributed by atoms with E-state index in [1.807, 2.05) is 13.8 Å². The maximum atomic E-state index is 10.2. The molecular weight excluding hydrogens is 188 g/mol. The van der Waals surface area contributed by atoms with Crippen molar-refractivity contribution in [2.45, 2.75) is 26.7 Å². The summed E-state index contributed by atoms with van der Waals surface area (Å²) in [6, 6.07) is 0. The van der Waals surface area contributed by atoms with Gasteiger partial charge < -0.3 is 0 Å². The molecule has 0 aromatic carbocycles. The van der Waals surface area contributed by atoms with Crippen molar-refractivity contribution in [3.63, 3.8) is 0 Å². The summed E-state index contributed by atoms with van der Waals surface area (Å²) in [4.78, 5) is 20.4. The van der Waals surface area contributed by atoms with E-state index in [0.29, 0.717) is 11.5 Å². The summed E-state index contributed by atoms with van der Waals surface area (Å²) in [5.74, 6) is 1.34. The van der Waals surface area contributed by atoms with Crippen LogP contribution in [0.25, 0.3) is 0 Å². The maximum absolute atomic E-state index is 10.2. The molecule has 0 aliphatic rings. The molecule has 0 saturated heterocycles. The lowest BCUT2D eigenvalue weighted by atomic mass is 10.6. The second-order valence-corrected chi connectivity index (χ2v) is 5.36. The Morgan fingerprint density at radius 1 is 1.00 bits per heavy atom. The van der Waals surface area contributed by atoms with E-state index in [2.05, 4.69) is 8.80 Å². The molecule has 0 aliphatic heterocycles. The van der Waals surface area contributed by atoms with Crippen LogP contribution in [0.3, 0.4) is 0 Å². The number of hydrogen-bond acceptors (Lipinski definition) is 4. The Bertz CT molecular complexity index is 217. The smallest absolute Gasteiger partial charge is 0.210 e. The Hall–Kier alpha value is -0.890. The number of carbonyl (C=O) groups excluding carboxylic acids is 2. The maximum Gasteiger partial charge on any atom is 0.247 e. The van der Waals surface area contributed by atoms with Crippen molar-refractivity contribution >= 4 is 22.6 Å². The highest BCUT2D eigenvalue weighted by Gasteiger charge is 2.20. The molecule has 74 valence electrons. The van der Waals surface area contributed by atoms with Gasteiger partial charge in [0.05, 0.1) is 0 Å². The van der Waals surface area contributed by atoms with Gasteiger partial charge in [-0.05, 0) is 23.2 Å². The van der Waals surface area contributed by atoms with Crippen molar-refractivity contribution in [1.29, 1.82) is 0 Å². The Labute approximate surface area is 79.7 Å². The molecule has 0 aromatic rings. The second-order valence-electron chi connectivity index (χ2n) is 2.58. The average molecular weight is 202 g/mol. The van der Waals surface area contributed by atoms with Gasteiger partial charge in [-0.25, -0.2) is 9.59 Å². The van der Waals surface area contributed by atoms with Crippen LogP contribution in [0.15, 0.2) is 8.80 Å². The van der Waals surface area contributed by atoms with E-state index in [1.54, 1.807) is 0 Å². The predicted molar refractivity (Wildman–Crippen MR) is 54.2 cm³/mol. The molecule has 0 atom stereocenters. The zero-order valence-electron chi connectivity index (χ0n) is 7.95. The van der Waals surface area contributed by atoms with Gasteiger partial charge in [-0.1, -0.05) is 13.8 Å². The average Bonchev–Trinajstić information content (AvgIpc) is 2.06. The third-order valence-electron chi connectivity index (χ3n) is 1.48. The summed E-state index contributed by atoms with van der Waals surface area (Å²) in [5, 5.41) is 0. The van der Waals surface area contributed by atoms with Gasteiger partial charge in [0.2, 0.25) is 12.2 Å². The Morgan fingerprint density at radius 2 is 1.38 bits per heavy atom. The van der Waals surface area contributed by atoms with Crippen molar-refractivity contribution in [3.8, 4) is 0 Å². The topological polar surface area (TPSA) is 58.9 Å². The Morgan fingerprint density at radius 3 is 1.62 bits per heavy atom. The van der Waals surface area contributed by atoms with Gasteiger partial charge in [0.1, 0.15) is 0 Å². The van der Waals surface area contributed by atoms with Crippen molar-refractivity contribution in [3.05, 3.63) is 0 Å². The van der Waals surface area contributed by atoms with Gasteiger partial charge in [0.25, 0.3) is 0 Å². The van der Waals surface area contributed by atoms with Gasteiger partial charge in [-0.2, -0.15) is 0 Å². The molecule has 13 heavy (non-hydrogen) atoms. The summed E-state index contributed by atoms with van der Waals surface area (Å²) in [5.41, 5.74) is 0. The Kier molecular flexibility index (Phi) is 6.15. The largest absolute Gasteiger partial charge is 0.247 e. The van der Waals surface area contributed by atoms with Crippen molar-refractivity contribution in [1.82, 2.24) is 0 Å². The molecular formula is C8H14N2O2S. The molecule has 0 spiro atoms. The molecule has 5 heteroatoms. The molecule has 0 radical (unpaired) electrons. The van der Waals surface area contributed by atoms with Crippen molar-refractivity contribution in [2.75, 3.05) is 11.5 Å². The highest BCUT2D eigenvalue weighted by Crippen LogP contribution is 2.51. The highest BCUT2D eigenvalue weighted by molar-refractivity contribution is 8.31. The van der Waals surface area contributed by atoms with E-state index in [1.165, 1.54) is 12.2 Å². The van der Waals surface area contributed by atoms with E-state index >= 15 is 0 Å². The predicted octanol–water partition coefficient (Wildman–Crippen LogP) is 2.11. The standard InChI is InChI=1S/C8H14N2O2S/c1-3-5-13(6-4-2,9-7-11)10-8-12/h3-6H2,1-2H3. The van der Waals surface area contributed by atoms with Gasteiger partial charge in [0, 0.05) is 11.5 Å². The monoisotopic (exact) mass is 202 g/mol. The first kappa shape index (κ1) is 12.1. The van der Waals surface area contributed by atoms with Gasteiger partial charge in [-0.15, -0.1) is 8.80 Å². The first-order chi connectivity index (χ1) is 6.24. The van der Waals surface area contributed by atoms with Crippen LogP contribution in [0.2, 0.25) is 0 Å². The lowest BCUT2D eigenvalue weighted by molar-refractivity contribution is 0.566. The van der Waals surface area contributed by atoms with E-state index in [4.69, 9.17) is 0 Å². The van der Waals surface area contributed by atoms with Crippen LogP contribution in [-0.2, 0) is 9.59 Å². The molecule has 0 fully saturated rings. The molecule has 4 nitrogen and oxygen atoms in total. The van der Waals surface area contributed by atoms with Crippen LogP contribution < -0.4 is 0 Å². The van der Waals surface area contributed by atoms with Crippen LogP contribution in [0.1, 0.15) is 26.7 Å². The fraction of sp³-hybridized carbons (Fsp3) is 0.750. The third-order valence-corrected chi connectivity index (χ3v) is 4.43. The van der Waals surface area contributed by atoms with Crippen LogP contribution >= 0.6 is 10.4 Å². The fourth-order valence-electron chi connectivity index (χ4n) is 1.10. The molecule has 0 aliphatic carbocycles. The quantitative estimate of drug-likeness (QED) is 0.489. The van der Waals surface area contributed by atoms with Crippen molar-refractivity contribution in [2.24, 2.45) is 8.80 Å². The molecule has 0 N–H and O–H groups in total. The zero-order chi connectivity index (χ0) is 10.2. The summed E-state index contributed by atoms with van der Waals surface area (Å²) in [7, 11) is -1.79. The fourth-order valence-corrected chi connectivity index (χ4v) is 3.29. The molecule has 0 aromatic heterocycles. The van der Waals surface area contributed by atoms with E-state index in [9.17, 15) is 9.59 Å². The van der Waals surface area contributed by atoms with E-state index in [-0.39, 0.29) is 0 Å². The lowest BCUT2D eigenvalue weighted by Gasteiger charge is -2.25. The Balaban J connectivity index is 4.77. The number of rotatable bonds is 6. The summed E-state index contributed by atoms with van der Waals surface area (Å²) >= 11 is 0. The number of hydrogen-bond donors (Lipinski definition) is 0. The number of isocyanates is 2. The van der Waals surface area contributed by atoms with Gasteiger partial charge in [-0.3, -0.25) is 0 Å².